The molecule has 2 aromatic rings. The molecule has 20 heavy (non-hydrogen) atoms. The monoisotopic (exact) mass is 511 g/mol. The molecule has 0 saturated heterocycles. The summed E-state index contributed by atoms with van der Waals surface area (Å²) in [6, 6.07) is 6.26. The lowest BCUT2D eigenvalue weighted by Gasteiger charge is -2.37. The summed E-state index contributed by atoms with van der Waals surface area (Å²) in [5.41, 5.74) is 0.980. The number of fused-ring (bicyclic) bond motifs is 1. The van der Waals surface area contributed by atoms with E-state index in [-0.39, 0.29) is 5.04 Å². The summed E-state index contributed by atoms with van der Waals surface area (Å²) >= 11 is 4.72. The van der Waals surface area contributed by atoms with E-state index in [4.69, 9.17) is 4.43 Å². The second-order valence-electron chi connectivity index (χ2n) is 6.43. The molecule has 2 rings (SSSR count). The topological polar surface area (TPSA) is 22.1 Å². The molecular weight excluding hydrogens is 492 g/mol. The Morgan fingerprint density at radius 2 is 1.80 bits per heavy atom. The standard InChI is InChI=1S/C15H19I2NOSi/c1-15(2,3)20(4,5)19-14-12(17)9-11(16)10-7-6-8-18-13(10)14/h6-9H,1-5H3. The van der Waals surface area contributed by atoms with Crippen molar-refractivity contribution >= 4 is 64.4 Å². The molecule has 5 heteroatoms. The van der Waals surface area contributed by atoms with Crippen LogP contribution in [0.1, 0.15) is 20.8 Å². The fourth-order valence-corrected chi connectivity index (χ4v) is 4.90. The van der Waals surface area contributed by atoms with Gasteiger partial charge in [-0.2, -0.15) is 0 Å². The van der Waals surface area contributed by atoms with E-state index in [1.807, 2.05) is 12.3 Å². The van der Waals surface area contributed by atoms with E-state index in [9.17, 15) is 0 Å². The van der Waals surface area contributed by atoms with Crippen LogP contribution in [0.15, 0.2) is 24.4 Å². The summed E-state index contributed by atoms with van der Waals surface area (Å²) < 4.78 is 8.89. The highest BCUT2D eigenvalue weighted by atomic mass is 127. The molecule has 0 unspecified atom stereocenters. The molecule has 108 valence electrons. The van der Waals surface area contributed by atoms with Gasteiger partial charge in [-0.05, 0) is 75.4 Å². The van der Waals surface area contributed by atoms with Crippen LogP contribution >= 0.6 is 45.2 Å². The van der Waals surface area contributed by atoms with Crippen molar-refractivity contribution in [2.45, 2.75) is 38.9 Å². The second-order valence-corrected chi connectivity index (χ2v) is 13.5. The molecule has 0 bridgehead atoms. The maximum Gasteiger partial charge on any atom is 0.250 e. The second kappa shape index (κ2) is 5.72. The third kappa shape index (κ3) is 3.14. The minimum Gasteiger partial charge on any atom is -0.541 e. The van der Waals surface area contributed by atoms with Crippen LogP contribution in [0.25, 0.3) is 10.9 Å². The Labute approximate surface area is 149 Å². The Morgan fingerprint density at radius 1 is 1.15 bits per heavy atom. The van der Waals surface area contributed by atoms with Crippen molar-refractivity contribution in [1.29, 1.82) is 0 Å². The van der Waals surface area contributed by atoms with Gasteiger partial charge in [0.1, 0.15) is 11.3 Å². The smallest absolute Gasteiger partial charge is 0.250 e. The van der Waals surface area contributed by atoms with Crippen molar-refractivity contribution in [2.24, 2.45) is 0 Å². The van der Waals surface area contributed by atoms with Crippen molar-refractivity contribution in [3.63, 3.8) is 0 Å². The number of hydrogen-bond donors (Lipinski definition) is 0. The Morgan fingerprint density at radius 3 is 2.40 bits per heavy atom. The molecule has 0 N–H and O–H groups in total. The van der Waals surface area contributed by atoms with Crippen LogP contribution < -0.4 is 4.43 Å². The summed E-state index contributed by atoms with van der Waals surface area (Å²) in [6.07, 6.45) is 1.84. The van der Waals surface area contributed by atoms with Crippen molar-refractivity contribution in [3.05, 3.63) is 31.5 Å². The highest BCUT2D eigenvalue weighted by Gasteiger charge is 2.39. The quantitative estimate of drug-likeness (QED) is 0.374. The molecule has 1 heterocycles. The molecule has 1 aromatic heterocycles. The molecule has 0 fully saturated rings. The Hall–Kier alpha value is 0.107. The van der Waals surface area contributed by atoms with Crippen LogP contribution in [0.4, 0.5) is 0 Å². The first-order valence-corrected chi connectivity index (χ1v) is 11.6. The number of pyridine rings is 1. The number of aromatic nitrogens is 1. The summed E-state index contributed by atoms with van der Waals surface area (Å²) in [5.74, 6) is 0.952. The van der Waals surface area contributed by atoms with Crippen molar-refractivity contribution in [3.8, 4) is 5.75 Å². The molecule has 2 nitrogen and oxygen atoms in total. The van der Waals surface area contributed by atoms with E-state index >= 15 is 0 Å². The summed E-state index contributed by atoms with van der Waals surface area (Å²) in [7, 11) is -1.86. The van der Waals surface area contributed by atoms with Crippen molar-refractivity contribution in [1.82, 2.24) is 4.98 Å². The van der Waals surface area contributed by atoms with Gasteiger partial charge in [-0.3, -0.25) is 4.98 Å². The third-order valence-corrected chi connectivity index (χ3v) is 9.93. The predicted octanol–water partition coefficient (Wildman–Crippen LogP) is 5.83. The fraction of sp³-hybridized carbons (Fsp3) is 0.400. The highest BCUT2D eigenvalue weighted by molar-refractivity contribution is 14.1. The maximum absolute atomic E-state index is 6.53. The van der Waals surface area contributed by atoms with E-state index in [1.165, 1.54) is 8.96 Å². The van der Waals surface area contributed by atoms with Crippen LogP contribution in [0, 0.1) is 7.14 Å². The van der Waals surface area contributed by atoms with Gasteiger partial charge in [-0.15, -0.1) is 0 Å². The Balaban J connectivity index is 2.61. The molecular formula is C15H19I2NOSi. The van der Waals surface area contributed by atoms with Gasteiger partial charge in [0.05, 0.1) is 3.57 Å². The van der Waals surface area contributed by atoms with Gasteiger partial charge < -0.3 is 4.43 Å². The molecule has 0 spiro atoms. The lowest BCUT2D eigenvalue weighted by Crippen LogP contribution is -2.44. The van der Waals surface area contributed by atoms with Gasteiger partial charge in [0.2, 0.25) is 0 Å². The van der Waals surface area contributed by atoms with E-state index in [1.54, 1.807) is 0 Å². The third-order valence-electron chi connectivity index (χ3n) is 3.91. The number of benzene rings is 1. The number of hydrogen-bond acceptors (Lipinski definition) is 2. The number of halogens is 2. The first-order valence-electron chi connectivity index (χ1n) is 6.55. The molecule has 0 aliphatic carbocycles. The predicted molar refractivity (Wildman–Crippen MR) is 105 cm³/mol. The summed E-state index contributed by atoms with van der Waals surface area (Å²) in [5, 5.41) is 1.35. The molecule has 0 radical (unpaired) electrons. The fourth-order valence-electron chi connectivity index (χ4n) is 1.65. The minimum atomic E-state index is -1.86. The first kappa shape index (κ1) is 16.5. The average Bonchev–Trinajstić information content (AvgIpc) is 2.33. The summed E-state index contributed by atoms with van der Waals surface area (Å²) in [4.78, 5) is 4.56. The van der Waals surface area contributed by atoms with Crippen LogP contribution in [0.5, 0.6) is 5.75 Å². The highest BCUT2D eigenvalue weighted by Crippen LogP contribution is 2.41. The largest absolute Gasteiger partial charge is 0.541 e. The Kier molecular flexibility index (Phi) is 4.71. The van der Waals surface area contributed by atoms with E-state index in [0.717, 1.165) is 14.8 Å². The van der Waals surface area contributed by atoms with Crippen LogP contribution in [0.3, 0.4) is 0 Å². The maximum atomic E-state index is 6.53. The van der Waals surface area contributed by atoms with Crippen LogP contribution in [-0.4, -0.2) is 13.3 Å². The van der Waals surface area contributed by atoms with E-state index in [2.05, 4.69) is 96.2 Å². The molecule has 1 aromatic carbocycles. The normalized spacial score (nSPS) is 12.8. The zero-order chi connectivity index (χ0) is 15.1. The van der Waals surface area contributed by atoms with Crippen molar-refractivity contribution in [2.75, 3.05) is 0 Å². The first-order chi connectivity index (χ1) is 9.13. The van der Waals surface area contributed by atoms with Gasteiger partial charge in [0, 0.05) is 15.2 Å². The van der Waals surface area contributed by atoms with Crippen molar-refractivity contribution < 1.29 is 4.43 Å². The molecule has 0 saturated carbocycles. The minimum absolute atomic E-state index is 0.181. The molecule has 0 amide bonds. The van der Waals surface area contributed by atoms with Gasteiger partial charge >= 0.3 is 0 Å². The van der Waals surface area contributed by atoms with Gasteiger partial charge in [0.25, 0.3) is 8.32 Å². The molecule has 0 atom stereocenters. The SMILES string of the molecule is CC(C)(C)[Si](C)(C)Oc1c(I)cc(I)c2cccnc12. The summed E-state index contributed by atoms with van der Waals surface area (Å²) in [6.45, 7) is 11.3. The zero-order valence-electron chi connectivity index (χ0n) is 12.4. The van der Waals surface area contributed by atoms with E-state index < -0.39 is 8.32 Å². The number of nitrogens with zero attached hydrogens (tertiary/aromatic N) is 1. The molecule has 0 aliphatic rings. The average molecular weight is 511 g/mol. The zero-order valence-corrected chi connectivity index (χ0v) is 17.7. The van der Waals surface area contributed by atoms with Gasteiger partial charge in [-0.1, -0.05) is 26.8 Å². The van der Waals surface area contributed by atoms with Crippen LogP contribution in [0.2, 0.25) is 18.1 Å². The van der Waals surface area contributed by atoms with Crippen LogP contribution in [-0.2, 0) is 0 Å². The lowest BCUT2D eigenvalue weighted by molar-refractivity contribution is 0.493. The van der Waals surface area contributed by atoms with E-state index in [0.29, 0.717) is 0 Å². The van der Waals surface area contributed by atoms with Gasteiger partial charge in [0.15, 0.2) is 0 Å². The number of rotatable bonds is 2. The molecule has 0 aliphatic heterocycles. The van der Waals surface area contributed by atoms with Gasteiger partial charge in [-0.25, -0.2) is 0 Å². The Bertz CT molecular complexity index is 650. The lowest BCUT2D eigenvalue weighted by atomic mass is 10.2.